The molecule has 0 bridgehead atoms. The van der Waals surface area contributed by atoms with Gasteiger partial charge in [-0.1, -0.05) is 82.9 Å². The molecule has 0 heterocycles. The second-order valence-electron chi connectivity index (χ2n) is 5.99. The standard InChI is InChI=1S/C18H30O3S.2Na/c1-2-3-4-5-6-7-8-9-10-11-14-17-15-12-13-16-18(17)22(19,20)21;;/h12-13,15-16H,2-11,14H2,1H3,(H,19,20,21);;/q;2*+1/p-1. The molecule has 6 heteroatoms. The Balaban J connectivity index is 0. The van der Waals surface area contributed by atoms with E-state index >= 15 is 0 Å². The summed E-state index contributed by atoms with van der Waals surface area (Å²) >= 11 is 0. The van der Waals surface area contributed by atoms with Gasteiger partial charge in [-0.2, -0.15) is 0 Å². The van der Waals surface area contributed by atoms with Crippen LogP contribution in [-0.4, -0.2) is 13.0 Å². The third-order valence-corrected chi connectivity index (χ3v) is 4.98. The molecule has 0 saturated carbocycles. The molecule has 3 nitrogen and oxygen atoms in total. The molecule has 0 spiro atoms. The van der Waals surface area contributed by atoms with Gasteiger partial charge in [0.2, 0.25) is 0 Å². The fourth-order valence-electron chi connectivity index (χ4n) is 2.76. The zero-order valence-electron chi connectivity index (χ0n) is 15.7. The Labute approximate surface area is 192 Å². The Bertz CT molecular complexity index is 519. The van der Waals surface area contributed by atoms with E-state index in [0.717, 1.165) is 12.8 Å². The van der Waals surface area contributed by atoms with Crippen LogP contribution in [0.15, 0.2) is 29.2 Å². The summed E-state index contributed by atoms with van der Waals surface area (Å²) in [7, 11) is -4.35. The zero-order chi connectivity index (χ0) is 16.3. The van der Waals surface area contributed by atoms with Crippen LogP contribution in [0.1, 0.15) is 76.7 Å². The molecule has 0 radical (unpaired) electrons. The summed E-state index contributed by atoms with van der Waals surface area (Å²) in [5.41, 5.74) is 0.664. The molecule has 0 aliphatic rings. The fraction of sp³-hybridized carbons (Fsp3) is 0.667. The maximum absolute atomic E-state index is 11.2. The molecule has 126 valence electrons. The molecule has 0 aliphatic carbocycles. The summed E-state index contributed by atoms with van der Waals surface area (Å²) in [6, 6.07) is 6.56. The van der Waals surface area contributed by atoms with Crippen LogP contribution in [0.5, 0.6) is 0 Å². The summed E-state index contributed by atoms with van der Waals surface area (Å²) in [5, 5.41) is 0. The monoisotopic (exact) mass is 371 g/mol. The average Bonchev–Trinajstić information content (AvgIpc) is 2.48. The quantitative estimate of drug-likeness (QED) is 0.271. The van der Waals surface area contributed by atoms with Crippen molar-refractivity contribution in [1.82, 2.24) is 0 Å². The first-order valence-electron chi connectivity index (χ1n) is 8.59. The van der Waals surface area contributed by atoms with E-state index in [4.69, 9.17) is 0 Å². The molecule has 0 atom stereocenters. The van der Waals surface area contributed by atoms with Crippen molar-refractivity contribution in [3.05, 3.63) is 29.8 Å². The van der Waals surface area contributed by atoms with Crippen LogP contribution < -0.4 is 59.1 Å². The summed E-state index contributed by atoms with van der Waals surface area (Å²) in [6.07, 6.45) is 13.2. The maximum atomic E-state index is 11.2. The molecular formula is C18H29Na2O3S+. The van der Waals surface area contributed by atoms with Gasteiger partial charge >= 0.3 is 59.1 Å². The van der Waals surface area contributed by atoms with Crippen LogP contribution >= 0.6 is 0 Å². The molecule has 0 N–H and O–H groups in total. The van der Waals surface area contributed by atoms with E-state index in [1.165, 1.54) is 57.4 Å². The third-order valence-electron chi connectivity index (χ3n) is 4.04. The van der Waals surface area contributed by atoms with Gasteiger partial charge in [-0.15, -0.1) is 0 Å². The fourth-order valence-corrected chi connectivity index (χ4v) is 3.49. The van der Waals surface area contributed by atoms with Crippen molar-refractivity contribution in [3.8, 4) is 0 Å². The van der Waals surface area contributed by atoms with Gasteiger partial charge in [0.05, 0.1) is 4.90 Å². The molecule has 24 heavy (non-hydrogen) atoms. The number of hydrogen-bond acceptors (Lipinski definition) is 3. The molecule has 0 aliphatic heterocycles. The average molecular weight is 371 g/mol. The number of unbranched alkanes of at least 4 members (excludes halogenated alkanes) is 9. The number of rotatable bonds is 12. The molecular weight excluding hydrogens is 342 g/mol. The molecule has 0 saturated heterocycles. The van der Waals surface area contributed by atoms with Gasteiger partial charge < -0.3 is 4.55 Å². The molecule has 1 rings (SSSR count). The smallest absolute Gasteiger partial charge is 0.744 e. The van der Waals surface area contributed by atoms with Crippen molar-refractivity contribution >= 4 is 10.1 Å². The summed E-state index contributed by atoms with van der Waals surface area (Å²) in [4.78, 5) is -0.0501. The van der Waals surface area contributed by atoms with Crippen molar-refractivity contribution in [3.63, 3.8) is 0 Å². The first-order chi connectivity index (χ1) is 10.6. The zero-order valence-corrected chi connectivity index (χ0v) is 20.5. The summed E-state index contributed by atoms with van der Waals surface area (Å²) in [6.45, 7) is 2.23. The van der Waals surface area contributed by atoms with Gasteiger partial charge in [0.15, 0.2) is 0 Å². The molecule has 1 aromatic rings. The van der Waals surface area contributed by atoms with Crippen LogP contribution in [0.4, 0.5) is 0 Å². The second kappa shape index (κ2) is 16.3. The van der Waals surface area contributed by atoms with Gasteiger partial charge in [-0.25, -0.2) is 8.42 Å². The predicted molar refractivity (Wildman–Crippen MR) is 90.0 cm³/mol. The Kier molecular flexibility index (Phi) is 18.6. The Morgan fingerprint density at radius 3 is 1.75 bits per heavy atom. The minimum absolute atomic E-state index is 0. The Morgan fingerprint density at radius 2 is 1.25 bits per heavy atom. The van der Waals surface area contributed by atoms with Crippen LogP contribution in [0.25, 0.3) is 0 Å². The van der Waals surface area contributed by atoms with Crippen molar-refractivity contribution in [2.75, 3.05) is 0 Å². The molecule has 0 fully saturated rings. The van der Waals surface area contributed by atoms with Gasteiger partial charge in [0.25, 0.3) is 0 Å². The summed E-state index contributed by atoms with van der Waals surface area (Å²) in [5.74, 6) is 0. The van der Waals surface area contributed by atoms with E-state index in [1.807, 2.05) is 0 Å². The van der Waals surface area contributed by atoms with Crippen molar-refractivity contribution in [1.29, 1.82) is 0 Å². The van der Waals surface area contributed by atoms with Crippen LogP contribution in [0.3, 0.4) is 0 Å². The number of aryl methyl sites for hydroxylation is 1. The van der Waals surface area contributed by atoms with Crippen molar-refractivity contribution in [2.24, 2.45) is 0 Å². The Hall–Kier alpha value is 1.13. The van der Waals surface area contributed by atoms with Gasteiger partial charge in [-0.05, 0) is 24.5 Å². The largest absolute Gasteiger partial charge is 1.00 e. The first-order valence-corrected chi connectivity index (χ1v) is 10.0. The predicted octanol–water partition coefficient (Wildman–Crippen LogP) is -0.938. The van der Waals surface area contributed by atoms with Crippen LogP contribution in [-0.2, 0) is 16.5 Å². The van der Waals surface area contributed by atoms with Gasteiger partial charge in [0.1, 0.15) is 10.1 Å². The van der Waals surface area contributed by atoms with Crippen LogP contribution in [0, 0.1) is 0 Å². The first kappa shape index (κ1) is 27.3. The van der Waals surface area contributed by atoms with Crippen molar-refractivity contribution in [2.45, 2.75) is 82.4 Å². The maximum Gasteiger partial charge on any atom is 1.00 e. The van der Waals surface area contributed by atoms with Gasteiger partial charge in [-0.3, -0.25) is 0 Å². The van der Waals surface area contributed by atoms with E-state index in [1.54, 1.807) is 18.2 Å². The van der Waals surface area contributed by atoms with E-state index < -0.39 is 10.1 Å². The normalized spacial score (nSPS) is 10.8. The van der Waals surface area contributed by atoms with Crippen molar-refractivity contribution < 1.29 is 72.1 Å². The topological polar surface area (TPSA) is 57.2 Å². The Morgan fingerprint density at radius 1 is 0.792 bits per heavy atom. The van der Waals surface area contributed by atoms with E-state index in [2.05, 4.69) is 6.92 Å². The second-order valence-corrected chi connectivity index (χ2v) is 7.34. The van der Waals surface area contributed by atoms with E-state index in [9.17, 15) is 13.0 Å². The molecule has 1 aromatic carbocycles. The minimum atomic E-state index is -4.35. The van der Waals surface area contributed by atoms with E-state index in [-0.39, 0.29) is 64.0 Å². The van der Waals surface area contributed by atoms with Gasteiger partial charge in [0, 0.05) is 0 Å². The minimum Gasteiger partial charge on any atom is -0.744 e. The molecule has 0 amide bonds. The van der Waals surface area contributed by atoms with E-state index in [0.29, 0.717) is 12.0 Å². The third kappa shape index (κ3) is 12.5. The van der Waals surface area contributed by atoms with Crippen LogP contribution in [0.2, 0.25) is 0 Å². The molecule has 0 aromatic heterocycles. The number of benzene rings is 1. The summed E-state index contributed by atoms with van der Waals surface area (Å²) < 4.78 is 33.5. The number of hydrogen-bond donors (Lipinski definition) is 0. The molecule has 0 unspecified atom stereocenters. The SMILES string of the molecule is CCCCCCCCCCCCc1ccccc1S(=O)(=O)[O-].[Na+].[Na+].